The van der Waals surface area contributed by atoms with E-state index in [1.54, 1.807) is 6.11 Å². The molecule has 0 fully saturated rings. The van der Waals surface area contributed by atoms with Gasteiger partial charge in [-0.3, -0.25) is 0 Å². The molecule has 0 aliphatic heterocycles. The van der Waals surface area contributed by atoms with Crippen molar-refractivity contribution in [2.75, 3.05) is 0 Å². The summed E-state index contributed by atoms with van der Waals surface area (Å²) in [6.45, 7) is 0. The first-order chi connectivity index (χ1) is 1.91. The van der Waals surface area contributed by atoms with Crippen molar-refractivity contribution < 1.29 is 35.3 Å². The van der Waals surface area contributed by atoms with Crippen molar-refractivity contribution in [1.29, 1.82) is 0 Å². The summed E-state index contributed by atoms with van der Waals surface area (Å²) < 4.78 is 3.54. The van der Waals surface area contributed by atoms with Crippen molar-refractivity contribution in [2.24, 2.45) is 0 Å². The van der Waals surface area contributed by atoms with Crippen LogP contribution in [-0.2, 0) is 4.29 Å². The number of rotatable bonds is 0. The fourth-order valence-corrected chi connectivity index (χ4v) is 0. The van der Waals surface area contributed by atoms with E-state index in [4.69, 9.17) is 0 Å². The molecule has 0 aromatic carbocycles. The quantitative estimate of drug-likeness (QED) is 0.250. The van der Waals surface area contributed by atoms with E-state index >= 15 is 0 Å². The Hall–Kier alpha value is 0.650. The summed E-state index contributed by atoms with van der Waals surface area (Å²) in [6, 6.07) is 0. The van der Waals surface area contributed by atoms with Gasteiger partial charge in [0.25, 0.3) is 0 Å². The van der Waals surface area contributed by atoms with Gasteiger partial charge in [-0.25, -0.2) is 0 Å². The summed E-state index contributed by atoms with van der Waals surface area (Å²) in [4.78, 5) is 0. The number of hydrogen-bond acceptors (Lipinski definition) is 1. The maximum atomic E-state index is 4.45. The van der Waals surface area contributed by atoms with Gasteiger partial charge in [0.05, 0.1) is 0 Å². The smallest absolute Gasteiger partial charge is 1.00 e. The fourth-order valence-electron chi connectivity index (χ4n) is 0. The molecule has 24 valence electrons. The van der Waals surface area contributed by atoms with Gasteiger partial charge < -0.3 is 5.72 Å². The Kier molecular flexibility index (Phi) is 16.2. The Morgan fingerprint density at radius 1 is 2.00 bits per heavy atom. The van der Waals surface area contributed by atoms with E-state index in [-0.39, 0.29) is 31.0 Å². The first kappa shape index (κ1) is 9.17. The van der Waals surface area contributed by atoms with Gasteiger partial charge in [0.15, 0.2) is 0 Å². The van der Waals surface area contributed by atoms with Gasteiger partial charge in [-0.2, -0.15) is 0 Å². The van der Waals surface area contributed by atoms with Crippen LogP contribution < -0.4 is 29.6 Å². The molecule has 0 aromatic heterocycles. The van der Waals surface area contributed by atoms with Gasteiger partial charge in [-0.05, 0) is 0 Å². The van der Waals surface area contributed by atoms with Crippen LogP contribution in [0.15, 0.2) is 0 Å². The maximum Gasteiger partial charge on any atom is 1.00 e. The molecule has 0 aliphatic rings. The minimum Gasteiger partial charge on any atom is -1.00 e. The fraction of sp³-hybridized carbons (Fsp3) is 0. The molecule has 0 atom stereocenters. The molecule has 5 heavy (non-hydrogen) atoms. The summed E-state index contributed by atoms with van der Waals surface area (Å²) >= 11 is 4.45. The van der Waals surface area contributed by atoms with Crippen LogP contribution >= 0.6 is 11.9 Å². The molecule has 0 aromatic rings. The summed E-state index contributed by atoms with van der Waals surface area (Å²) in [5, 5.41) is 0. The van der Waals surface area contributed by atoms with Crippen LogP contribution in [0.2, 0.25) is 0 Å². The van der Waals surface area contributed by atoms with Gasteiger partial charge in [0.2, 0.25) is 0 Å². The zero-order chi connectivity index (χ0) is 3.41. The van der Waals surface area contributed by atoms with Crippen LogP contribution in [0.25, 0.3) is 0 Å². The van der Waals surface area contributed by atoms with Crippen molar-refractivity contribution in [2.45, 2.75) is 0 Å². The van der Waals surface area contributed by atoms with Crippen molar-refractivity contribution in [3.8, 4) is 12.5 Å². The molecule has 0 heterocycles. The molecule has 1 nitrogen and oxygen atoms in total. The molecule has 0 amide bonds. The summed E-state index contributed by atoms with van der Waals surface area (Å²) in [7, 11) is 0. The zero-order valence-corrected chi connectivity index (χ0v) is 5.62. The summed E-state index contributed by atoms with van der Waals surface area (Å²) in [5.41, 5.74) is 0. The number of hydrogen-bond donors (Lipinski definition) is 0. The third-order valence-corrected chi connectivity index (χ3v) is 0.134. The molecule has 0 saturated carbocycles. The minimum absolute atomic E-state index is 0. The van der Waals surface area contributed by atoms with Gasteiger partial charge in [0, 0.05) is 0 Å². The van der Waals surface area contributed by atoms with E-state index in [0.29, 0.717) is 0 Å². The Balaban J connectivity index is -0.0000000450. The standard InChI is InChI=1S/C2HClO.Na.H/c1-2-4-3;;/h1H;;/q;+1;-1. The second-order valence-corrected chi connectivity index (χ2v) is 0.349. The van der Waals surface area contributed by atoms with E-state index in [0.717, 1.165) is 0 Å². The third-order valence-electron chi connectivity index (χ3n) is 0.0445. The molecule has 0 radical (unpaired) electrons. The van der Waals surface area contributed by atoms with E-state index in [2.05, 4.69) is 22.6 Å². The molecular formula is C2H2ClNaO. The first-order valence-corrected chi connectivity index (χ1v) is 0.956. The SMILES string of the molecule is C#COCl.[H-].[Na+]. The van der Waals surface area contributed by atoms with Crippen LogP contribution in [0.1, 0.15) is 1.43 Å². The van der Waals surface area contributed by atoms with Gasteiger partial charge in [-0.15, -0.1) is 0 Å². The Labute approximate surface area is 59.6 Å². The van der Waals surface area contributed by atoms with Gasteiger partial charge >= 0.3 is 29.6 Å². The largest absolute Gasteiger partial charge is 1.00 e. The predicted octanol–water partition coefficient (Wildman–Crippen LogP) is -2.14. The molecule has 3 heteroatoms. The van der Waals surface area contributed by atoms with Crippen LogP contribution in [-0.4, -0.2) is 0 Å². The number of terminal acetylenes is 1. The molecule has 0 spiro atoms. The van der Waals surface area contributed by atoms with Crippen molar-refractivity contribution >= 4 is 11.9 Å². The second kappa shape index (κ2) is 8.82. The maximum absolute atomic E-state index is 4.45. The summed E-state index contributed by atoms with van der Waals surface area (Å²) in [6.07, 6.45) is 6.12. The van der Waals surface area contributed by atoms with Gasteiger partial charge in [-0.1, -0.05) is 6.42 Å². The average molecular weight is 100 g/mol. The number of halogens is 1. The first-order valence-electron chi connectivity index (χ1n) is 0.647. The van der Waals surface area contributed by atoms with Crippen LogP contribution in [0.3, 0.4) is 0 Å². The third kappa shape index (κ3) is 12.0. The van der Waals surface area contributed by atoms with Crippen LogP contribution in [0.4, 0.5) is 0 Å². The minimum atomic E-state index is 0. The van der Waals surface area contributed by atoms with Crippen molar-refractivity contribution in [3.63, 3.8) is 0 Å². The van der Waals surface area contributed by atoms with Gasteiger partial charge in [0.1, 0.15) is 18.0 Å². The molecule has 0 aliphatic carbocycles. The van der Waals surface area contributed by atoms with Crippen LogP contribution in [0, 0.1) is 12.5 Å². The Morgan fingerprint density at radius 2 is 2.20 bits per heavy atom. The molecule has 0 saturated heterocycles. The van der Waals surface area contributed by atoms with Crippen molar-refractivity contribution in [1.82, 2.24) is 0 Å². The summed E-state index contributed by atoms with van der Waals surface area (Å²) in [5.74, 6) is 0. The van der Waals surface area contributed by atoms with E-state index in [1.165, 1.54) is 0 Å². The monoisotopic (exact) mass is 100.0 g/mol. The topological polar surface area (TPSA) is 9.23 Å². The zero-order valence-electron chi connectivity index (χ0n) is 3.86. The molecule has 0 bridgehead atoms. The Morgan fingerprint density at radius 3 is 2.20 bits per heavy atom. The Bertz CT molecular complexity index is 43.3. The molecule has 0 rings (SSSR count). The average Bonchev–Trinajstić information content (AvgIpc) is 1.37. The van der Waals surface area contributed by atoms with E-state index < -0.39 is 0 Å². The predicted molar refractivity (Wildman–Crippen MR) is 16.9 cm³/mol. The molecular weight excluding hydrogens is 98.5 g/mol. The second-order valence-electron chi connectivity index (χ2n) is 0.195. The molecule has 0 N–H and O–H groups in total. The van der Waals surface area contributed by atoms with Crippen LogP contribution in [0.5, 0.6) is 0 Å². The normalized spacial score (nSPS) is 3.20. The van der Waals surface area contributed by atoms with E-state index in [9.17, 15) is 0 Å². The molecule has 0 unspecified atom stereocenters. The van der Waals surface area contributed by atoms with Crippen molar-refractivity contribution in [3.05, 3.63) is 0 Å². The van der Waals surface area contributed by atoms with E-state index in [1.807, 2.05) is 0 Å².